The van der Waals surface area contributed by atoms with Crippen LogP contribution in [-0.4, -0.2) is 54.5 Å². The minimum atomic E-state index is 0.0561. The maximum atomic E-state index is 5.26. The normalized spacial score (nSPS) is 15.7. The zero-order valence-electron chi connectivity index (χ0n) is 18.9. The summed E-state index contributed by atoms with van der Waals surface area (Å²) >= 11 is 0. The van der Waals surface area contributed by atoms with Gasteiger partial charge in [-0.15, -0.1) is 0 Å². The Bertz CT molecular complexity index is 752. The van der Waals surface area contributed by atoms with Gasteiger partial charge in [-0.3, -0.25) is 9.58 Å². The molecular formula is C24H38N4O. The molecule has 5 nitrogen and oxygen atoms in total. The van der Waals surface area contributed by atoms with Crippen molar-refractivity contribution in [3.8, 4) is 5.75 Å². The van der Waals surface area contributed by atoms with Gasteiger partial charge < -0.3 is 9.64 Å². The highest BCUT2D eigenvalue weighted by atomic mass is 16.5. The van der Waals surface area contributed by atoms with Crippen molar-refractivity contribution in [2.24, 2.45) is 0 Å². The standard InChI is InChI=1S/C24H38N4O/c1-6-8-22-19-20(25-28(22)24(2,3)4)9-7-14-26-15-17-27(18-16-26)21-10-12-23(29-5)13-11-21/h10-13,19H,6-9,14-18H2,1-5H3. The van der Waals surface area contributed by atoms with E-state index in [9.17, 15) is 0 Å². The number of rotatable bonds is 8. The van der Waals surface area contributed by atoms with Crippen LogP contribution in [0.2, 0.25) is 0 Å². The van der Waals surface area contributed by atoms with Gasteiger partial charge in [-0.2, -0.15) is 5.10 Å². The highest BCUT2D eigenvalue weighted by Gasteiger charge is 2.20. The fraction of sp³-hybridized carbons (Fsp3) is 0.625. The summed E-state index contributed by atoms with van der Waals surface area (Å²) in [4.78, 5) is 5.06. The number of anilines is 1. The van der Waals surface area contributed by atoms with Crippen molar-refractivity contribution in [2.45, 2.75) is 58.9 Å². The minimum absolute atomic E-state index is 0.0561. The second-order valence-corrected chi connectivity index (χ2v) is 9.09. The van der Waals surface area contributed by atoms with Crippen LogP contribution >= 0.6 is 0 Å². The van der Waals surface area contributed by atoms with Crippen molar-refractivity contribution >= 4 is 5.69 Å². The van der Waals surface area contributed by atoms with Gasteiger partial charge in [-0.25, -0.2) is 0 Å². The Kier molecular flexibility index (Phi) is 7.23. The SMILES string of the molecule is CCCc1cc(CCCN2CCN(c3ccc(OC)cc3)CC2)nn1C(C)(C)C. The number of nitrogens with zero attached hydrogens (tertiary/aromatic N) is 4. The van der Waals surface area contributed by atoms with Crippen molar-refractivity contribution in [2.75, 3.05) is 44.7 Å². The Balaban J connectivity index is 1.46. The average molecular weight is 399 g/mol. The van der Waals surface area contributed by atoms with E-state index < -0.39 is 0 Å². The van der Waals surface area contributed by atoms with Crippen molar-refractivity contribution in [3.05, 3.63) is 41.7 Å². The molecule has 3 rings (SSSR count). The maximum absolute atomic E-state index is 5.26. The molecule has 0 saturated carbocycles. The summed E-state index contributed by atoms with van der Waals surface area (Å²) in [6.07, 6.45) is 4.52. The molecule has 1 aliphatic heterocycles. The van der Waals surface area contributed by atoms with Crippen LogP contribution in [0.4, 0.5) is 5.69 Å². The van der Waals surface area contributed by atoms with E-state index in [1.54, 1.807) is 7.11 Å². The molecule has 1 aliphatic rings. The summed E-state index contributed by atoms with van der Waals surface area (Å²) < 4.78 is 7.50. The highest BCUT2D eigenvalue weighted by molar-refractivity contribution is 5.49. The number of benzene rings is 1. The third kappa shape index (κ3) is 5.75. The largest absolute Gasteiger partial charge is 0.497 e. The Morgan fingerprint density at radius 2 is 1.69 bits per heavy atom. The second kappa shape index (κ2) is 9.66. The van der Waals surface area contributed by atoms with Crippen molar-refractivity contribution < 1.29 is 4.74 Å². The van der Waals surface area contributed by atoms with Crippen molar-refractivity contribution in [1.29, 1.82) is 0 Å². The van der Waals surface area contributed by atoms with Gasteiger partial charge in [0.2, 0.25) is 0 Å². The molecule has 160 valence electrons. The molecule has 1 saturated heterocycles. The molecule has 0 atom stereocenters. The summed E-state index contributed by atoms with van der Waals surface area (Å²) in [5.74, 6) is 0.920. The molecule has 0 amide bonds. The smallest absolute Gasteiger partial charge is 0.119 e. The van der Waals surface area contributed by atoms with Crippen LogP contribution in [0.3, 0.4) is 0 Å². The van der Waals surface area contributed by atoms with Crippen LogP contribution in [-0.2, 0) is 18.4 Å². The third-order valence-corrected chi connectivity index (χ3v) is 5.69. The molecule has 0 radical (unpaired) electrons. The minimum Gasteiger partial charge on any atom is -0.497 e. The van der Waals surface area contributed by atoms with Crippen LogP contribution in [0.1, 0.15) is 51.9 Å². The molecule has 0 aliphatic carbocycles. The van der Waals surface area contributed by atoms with Gasteiger partial charge in [0.25, 0.3) is 0 Å². The number of aryl methyl sites for hydroxylation is 2. The fourth-order valence-electron chi connectivity index (χ4n) is 4.12. The van der Waals surface area contributed by atoms with Gasteiger partial charge in [0.1, 0.15) is 5.75 Å². The number of hydrogen-bond donors (Lipinski definition) is 0. The Morgan fingerprint density at radius 3 is 2.28 bits per heavy atom. The molecule has 1 aromatic heterocycles. The molecule has 1 aromatic carbocycles. The van der Waals surface area contributed by atoms with Gasteiger partial charge in [0, 0.05) is 37.6 Å². The Morgan fingerprint density at radius 1 is 1.00 bits per heavy atom. The second-order valence-electron chi connectivity index (χ2n) is 9.09. The Labute approximate surface area is 176 Å². The lowest BCUT2D eigenvalue weighted by molar-refractivity contribution is 0.254. The van der Waals surface area contributed by atoms with Gasteiger partial charge in [-0.05, 0) is 76.9 Å². The lowest BCUT2D eigenvalue weighted by Gasteiger charge is -2.36. The number of methoxy groups -OCH3 is 1. The molecular weight excluding hydrogens is 360 g/mol. The van der Waals surface area contributed by atoms with Gasteiger partial charge >= 0.3 is 0 Å². The quantitative estimate of drug-likeness (QED) is 0.662. The molecule has 0 spiro atoms. The van der Waals surface area contributed by atoms with Crippen LogP contribution in [0, 0.1) is 0 Å². The molecule has 0 N–H and O–H groups in total. The van der Waals surface area contributed by atoms with Crippen LogP contribution in [0.15, 0.2) is 30.3 Å². The van der Waals surface area contributed by atoms with Crippen LogP contribution in [0.25, 0.3) is 0 Å². The van der Waals surface area contributed by atoms with E-state index in [0.29, 0.717) is 0 Å². The molecule has 5 heteroatoms. The van der Waals surface area contributed by atoms with E-state index in [-0.39, 0.29) is 5.54 Å². The average Bonchev–Trinajstić information content (AvgIpc) is 3.12. The van der Waals surface area contributed by atoms with Crippen molar-refractivity contribution in [1.82, 2.24) is 14.7 Å². The topological polar surface area (TPSA) is 33.5 Å². The van der Waals surface area contributed by atoms with E-state index in [0.717, 1.165) is 51.3 Å². The lowest BCUT2D eigenvalue weighted by atomic mass is 10.1. The third-order valence-electron chi connectivity index (χ3n) is 5.69. The molecule has 2 heterocycles. The number of aromatic nitrogens is 2. The zero-order valence-corrected chi connectivity index (χ0v) is 18.9. The molecule has 29 heavy (non-hydrogen) atoms. The number of ether oxygens (including phenoxy) is 1. The predicted molar refractivity (Wildman–Crippen MR) is 121 cm³/mol. The predicted octanol–water partition coefficient (Wildman–Crippen LogP) is 4.35. The summed E-state index contributed by atoms with van der Waals surface area (Å²) in [6.45, 7) is 14.6. The Hall–Kier alpha value is -2.01. The van der Waals surface area contributed by atoms with Gasteiger partial charge in [0.15, 0.2) is 0 Å². The molecule has 0 unspecified atom stereocenters. The lowest BCUT2D eigenvalue weighted by Crippen LogP contribution is -2.46. The number of hydrogen-bond acceptors (Lipinski definition) is 4. The van der Waals surface area contributed by atoms with Gasteiger partial charge in [-0.1, -0.05) is 13.3 Å². The van der Waals surface area contributed by atoms with Crippen LogP contribution < -0.4 is 9.64 Å². The first kappa shape index (κ1) is 21.7. The first-order valence-corrected chi connectivity index (χ1v) is 11.1. The van der Waals surface area contributed by atoms with E-state index >= 15 is 0 Å². The van der Waals surface area contributed by atoms with E-state index in [2.05, 4.69) is 60.4 Å². The van der Waals surface area contributed by atoms with Crippen molar-refractivity contribution in [3.63, 3.8) is 0 Å². The number of piperazine rings is 1. The molecule has 1 fully saturated rings. The molecule has 0 bridgehead atoms. The van der Waals surface area contributed by atoms with E-state index in [4.69, 9.17) is 9.84 Å². The zero-order chi connectivity index (χ0) is 20.9. The van der Waals surface area contributed by atoms with Crippen LogP contribution in [0.5, 0.6) is 5.75 Å². The molecule has 2 aromatic rings. The monoisotopic (exact) mass is 398 g/mol. The van der Waals surface area contributed by atoms with Gasteiger partial charge in [0.05, 0.1) is 18.3 Å². The van der Waals surface area contributed by atoms with E-state index in [1.165, 1.54) is 29.9 Å². The van der Waals surface area contributed by atoms with E-state index in [1.807, 2.05) is 12.1 Å². The first-order chi connectivity index (χ1) is 13.9. The summed E-state index contributed by atoms with van der Waals surface area (Å²) in [5, 5.41) is 4.93. The maximum Gasteiger partial charge on any atom is 0.119 e. The highest BCUT2D eigenvalue weighted by Crippen LogP contribution is 2.21. The summed E-state index contributed by atoms with van der Waals surface area (Å²) in [7, 11) is 1.71. The summed E-state index contributed by atoms with van der Waals surface area (Å²) in [6, 6.07) is 10.7. The fourth-order valence-corrected chi connectivity index (χ4v) is 4.12. The summed E-state index contributed by atoms with van der Waals surface area (Å²) in [5.41, 5.74) is 3.98. The first-order valence-electron chi connectivity index (χ1n) is 11.1.